The minimum atomic E-state index is -0.323. The Morgan fingerprint density at radius 3 is 1.92 bits per heavy atom. The van der Waals surface area contributed by atoms with Crippen LogP contribution in [-0.2, 0) is 19.1 Å². The summed E-state index contributed by atoms with van der Waals surface area (Å²) in [6, 6.07) is 0.0356. The zero-order chi connectivity index (χ0) is 28.9. The van der Waals surface area contributed by atoms with Gasteiger partial charge in [-0.2, -0.15) is 0 Å². The lowest BCUT2D eigenvalue weighted by Crippen LogP contribution is -2.38. The van der Waals surface area contributed by atoms with E-state index in [1.807, 2.05) is 27.7 Å². The van der Waals surface area contributed by atoms with Crippen molar-refractivity contribution in [2.24, 2.45) is 16.2 Å². The van der Waals surface area contributed by atoms with E-state index < -0.39 is 0 Å². The molecule has 0 spiro atoms. The van der Waals surface area contributed by atoms with Crippen molar-refractivity contribution in [3.63, 3.8) is 0 Å². The third-order valence-corrected chi connectivity index (χ3v) is 7.21. The first kappa shape index (κ1) is 35.9. The van der Waals surface area contributed by atoms with Crippen LogP contribution in [0.25, 0.3) is 0 Å². The fourth-order valence-corrected chi connectivity index (χ4v) is 5.20. The Labute approximate surface area is 229 Å². The summed E-state index contributed by atoms with van der Waals surface area (Å²) >= 11 is 0. The molecule has 0 aliphatic carbocycles. The molecule has 2 amide bonds. The molecule has 0 heterocycles. The van der Waals surface area contributed by atoms with Crippen LogP contribution in [0.15, 0.2) is 0 Å². The number of carbonyl (C=O) groups is 2. The Hall–Kier alpha value is -1.14. The fourth-order valence-electron chi connectivity index (χ4n) is 5.20. The summed E-state index contributed by atoms with van der Waals surface area (Å²) < 4.78 is 11.4. The summed E-state index contributed by atoms with van der Waals surface area (Å²) in [5.74, 6) is 0.0612. The summed E-state index contributed by atoms with van der Waals surface area (Å²) in [4.78, 5) is 24.7. The van der Waals surface area contributed by atoms with E-state index >= 15 is 0 Å². The van der Waals surface area contributed by atoms with Gasteiger partial charge in [-0.05, 0) is 83.0 Å². The van der Waals surface area contributed by atoms with Crippen molar-refractivity contribution in [1.29, 1.82) is 0 Å². The molecule has 0 aliphatic heterocycles. The second kappa shape index (κ2) is 16.1. The highest BCUT2D eigenvalue weighted by Gasteiger charge is 2.37. The lowest BCUT2D eigenvalue weighted by molar-refractivity contribution is -0.131. The van der Waals surface area contributed by atoms with Gasteiger partial charge >= 0.3 is 0 Å². The van der Waals surface area contributed by atoms with E-state index in [0.29, 0.717) is 19.6 Å². The summed E-state index contributed by atoms with van der Waals surface area (Å²) in [7, 11) is 0. The van der Waals surface area contributed by atoms with E-state index in [9.17, 15) is 9.59 Å². The zero-order valence-corrected chi connectivity index (χ0v) is 26.6. The van der Waals surface area contributed by atoms with Crippen LogP contribution < -0.4 is 10.6 Å². The van der Waals surface area contributed by atoms with Crippen molar-refractivity contribution < 1.29 is 19.1 Å². The van der Waals surface area contributed by atoms with E-state index in [4.69, 9.17) is 9.47 Å². The Bertz CT molecular complexity index is 667. The average molecular weight is 527 g/mol. The molecule has 0 rings (SSSR count). The molecule has 0 saturated heterocycles. The normalized spacial score (nSPS) is 17.4. The molecule has 0 radical (unpaired) electrons. The quantitative estimate of drug-likeness (QED) is 0.188. The lowest BCUT2D eigenvalue weighted by atomic mass is 9.63. The molecule has 0 aromatic carbocycles. The first-order valence-corrected chi connectivity index (χ1v) is 14.6. The van der Waals surface area contributed by atoms with E-state index in [1.54, 1.807) is 0 Å². The molecule has 2 N–H and O–H groups in total. The topological polar surface area (TPSA) is 76.7 Å². The monoisotopic (exact) mass is 526 g/mol. The van der Waals surface area contributed by atoms with Crippen molar-refractivity contribution in [2.45, 2.75) is 152 Å². The number of hydrogen-bond acceptors (Lipinski definition) is 4. The molecule has 37 heavy (non-hydrogen) atoms. The number of amides is 2. The highest BCUT2D eigenvalue weighted by Crippen LogP contribution is 2.46. The zero-order valence-electron chi connectivity index (χ0n) is 26.6. The van der Waals surface area contributed by atoms with Crippen molar-refractivity contribution in [1.82, 2.24) is 10.6 Å². The predicted octanol–water partition coefficient (Wildman–Crippen LogP) is 7.05. The van der Waals surface area contributed by atoms with Crippen LogP contribution in [0, 0.1) is 16.2 Å². The summed E-state index contributed by atoms with van der Waals surface area (Å²) in [6.45, 7) is 27.3. The van der Waals surface area contributed by atoms with Crippen molar-refractivity contribution in [2.75, 3.05) is 19.8 Å². The van der Waals surface area contributed by atoms with Crippen LogP contribution in [0.3, 0.4) is 0 Å². The molecule has 6 nitrogen and oxygen atoms in total. The molecule has 4 atom stereocenters. The number of hydrogen-bond donors (Lipinski definition) is 2. The van der Waals surface area contributed by atoms with E-state index in [2.05, 4.69) is 66.0 Å². The van der Waals surface area contributed by atoms with Gasteiger partial charge in [0.15, 0.2) is 0 Å². The number of ether oxygens (including phenoxy) is 2. The highest BCUT2D eigenvalue weighted by molar-refractivity contribution is 5.77. The van der Waals surface area contributed by atoms with Crippen LogP contribution >= 0.6 is 0 Å². The largest absolute Gasteiger partial charge is 0.378 e. The standard InChI is InChI=1S/C31H62N2O4/c1-13-30(11,23-31(12,14-2)22-28(5,6)7)20-26(34)32-18-15-16-25(4)36-19-17-24(3)33-27(35)21-37-29(8,9)10/h24-25H,13-23H2,1-12H3,(H,32,34)(H,33,35). The number of carbonyl (C=O) groups excluding carboxylic acids is 2. The summed E-state index contributed by atoms with van der Waals surface area (Å²) in [5, 5.41) is 6.10. The van der Waals surface area contributed by atoms with Crippen LogP contribution in [0.1, 0.15) is 134 Å². The van der Waals surface area contributed by atoms with E-state index in [0.717, 1.165) is 38.5 Å². The lowest BCUT2D eigenvalue weighted by Gasteiger charge is -2.42. The molecule has 0 aromatic heterocycles. The van der Waals surface area contributed by atoms with Gasteiger partial charge < -0.3 is 20.1 Å². The van der Waals surface area contributed by atoms with Crippen LogP contribution in [0.4, 0.5) is 0 Å². The van der Waals surface area contributed by atoms with E-state index in [1.165, 1.54) is 6.42 Å². The Morgan fingerprint density at radius 2 is 1.41 bits per heavy atom. The molecular formula is C31H62N2O4. The van der Waals surface area contributed by atoms with Gasteiger partial charge in [-0.3, -0.25) is 9.59 Å². The van der Waals surface area contributed by atoms with Gasteiger partial charge in [0.2, 0.25) is 11.8 Å². The number of nitrogens with one attached hydrogen (secondary N) is 2. The predicted molar refractivity (Wildman–Crippen MR) is 156 cm³/mol. The maximum atomic E-state index is 12.8. The van der Waals surface area contributed by atoms with Gasteiger partial charge in [0.25, 0.3) is 0 Å². The Morgan fingerprint density at radius 1 is 0.811 bits per heavy atom. The smallest absolute Gasteiger partial charge is 0.246 e. The first-order valence-electron chi connectivity index (χ1n) is 14.6. The third-order valence-electron chi connectivity index (χ3n) is 7.21. The Kier molecular flexibility index (Phi) is 15.6. The minimum absolute atomic E-state index is 0.0154. The highest BCUT2D eigenvalue weighted by atomic mass is 16.5. The second-order valence-electron chi connectivity index (χ2n) is 14.3. The molecule has 6 heteroatoms. The van der Waals surface area contributed by atoms with E-state index in [-0.39, 0.29) is 52.4 Å². The van der Waals surface area contributed by atoms with Crippen molar-refractivity contribution >= 4 is 11.8 Å². The van der Waals surface area contributed by atoms with Gasteiger partial charge in [0.05, 0.1) is 11.7 Å². The molecule has 4 unspecified atom stereocenters. The first-order chi connectivity index (χ1) is 16.8. The molecular weight excluding hydrogens is 464 g/mol. The SMILES string of the molecule is CCC(C)(CC(=O)NCCCC(C)OCCC(C)NC(=O)COC(C)(C)C)CC(C)(CC)CC(C)(C)C. The Balaban J connectivity index is 4.28. The molecule has 220 valence electrons. The fraction of sp³-hybridized carbons (Fsp3) is 0.935. The maximum absolute atomic E-state index is 12.8. The molecule has 0 fully saturated rings. The molecule has 0 bridgehead atoms. The third kappa shape index (κ3) is 18.7. The summed E-state index contributed by atoms with van der Waals surface area (Å²) in [6.07, 6.45) is 7.63. The number of rotatable bonds is 18. The summed E-state index contributed by atoms with van der Waals surface area (Å²) in [5.41, 5.74) is 0.225. The molecule has 0 aromatic rings. The molecule has 0 aliphatic rings. The minimum Gasteiger partial charge on any atom is -0.378 e. The van der Waals surface area contributed by atoms with Gasteiger partial charge in [0, 0.05) is 25.6 Å². The van der Waals surface area contributed by atoms with Gasteiger partial charge in [0.1, 0.15) is 6.61 Å². The van der Waals surface area contributed by atoms with Crippen LogP contribution in [-0.4, -0.2) is 49.3 Å². The average Bonchev–Trinajstić information content (AvgIpc) is 2.73. The maximum Gasteiger partial charge on any atom is 0.246 e. The van der Waals surface area contributed by atoms with Gasteiger partial charge in [-0.25, -0.2) is 0 Å². The van der Waals surface area contributed by atoms with Crippen LogP contribution in [0.2, 0.25) is 0 Å². The van der Waals surface area contributed by atoms with Crippen molar-refractivity contribution in [3.8, 4) is 0 Å². The molecule has 0 saturated carbocycles. The van der Waals surface area contributed by atoms with Crippen molar-refractivity contribution in [3.05, 3.63) is 0 Å². The second-order valence-corrected chi connectivity index (χ2v) is 14.3. The van der Waals surface area contributed by atoms with Crippen LogP contribution in [0.5, 0.6) is 0 Å². The van der Waals surface area contributed by atoms with Gasteiger partial charge in [-0.15, -0.1) is 0 Å². The van der Waals surface area contributed by atoms with Gasteiger partial charge in [-0.1, -0.05) is 61.3 Å².